The molecule has 0 N–H and O–H groups in total. The standard InChI is InChI=1S/C22H32INO7/c1-13-10-15(23)14(12-17(13)28-8)11-16(18(25)29-9)24(19(26)30-21(2,3)4)20(27)31-22(5,6)7/h10,12,16H,11H2,1-9H3/t16-/m0/s1. The first-order valence-corrected chi connectivity index (χ1v) is 10.8. The van der Waals surface area contributed by atoms with Gasteiger partial charge in [-0.05, 0) is 94.3 Å². The molecule has 2 amide bonds. The third-order valence-corrected chi connectivity index (χ3v) is 4.95. The second kappa shape index (κ2) is 10.5. The van der Waals surface area contributed by atoms with Crippen LogP contribution in [0.3, 0.4) is 0 Å². The number of hydrogen-bond donors (Lipinski definition) is 0. The number of carbonyl (C=O) groups excluding carboxylic acids is 3. The van der Waals surface area contributed by atoms with E-state index in [0.29, 0.717) is 16.2 Å². The van der Waals surface area contributed by atoms with Crippen LogP contribution in [-0.4, -0.2) is 54.5 Å². The molecule has 0 aliphatic carbocycles. The Morgan fingerprint density at radius 1 is 0.968 bits per heavy atom. The molecule has 0 heterocycles. The molecular weight excluding hydrogens is 517 g/mol. The second-order valence-corrected chi connectivity index (χ2v) is 10.1. The number of hydrogen-bond acceptors (Lipinski definition) is 7. The van der Waals surface area contributed by atoms with Gasteiger partial charge in [0.1, 0.15) is 23.0 Å². The summed E-state index contributed by atoms with van der Waals surface area (Å²) >= 11 is 2.13. The molecule has 1 rings (SSSR count). The third-order valence-electron chi connectivity index (χ3n) is 3.94. The largest absolute Gasteiger partial charge is 0.496 e. The maximum Gasteiger partial charge on any atom is 0.420 e. The second-order valence-electron chi connectivity index (χ2n) is 8.99. The van der Waals surface area contributed by atoms with Crippen molar-refractivity contribution >= 4 is 40.7 Å². The maximum atomic E-state index is 13.0. The first kappa shape index (κ1) is 27.0. The van der Waals surface area contributed by atoms with E-state index in [1.807, 2.05) is 13.0 Å². The first-order chi connectivity index (χ1) is 14.1. The number of carbonyl (C=O) groups is 3. The van der Waals surface area contributed by atoms with Crippen molar-refractivity contribution in [3.05, 3.63) is 26.8 Å². The van der Waals surface area contributed by atoms with Crippen molar-refractivity contribution in [2.75, 3.05) is 14.2 Å². The maximum absolute atomic E-state index is 13.0. The summed E-state index contributed by atoms with van der Waals surface area (Å²) in [7, 11) is 2.74. The minimum Gasteiger partial charge on any atom is -0.496 e. The SMILES string of the molecule is COC(=O)[C@H](Cc1cc(OC)c(C)cc1I)N(C(=O)OC(C)(C)C)C(=O)OC(C)(C)C. The van der Waals surface area contributed by atoms with Crippen LogP contribution in [0.15, 0.2) is 12.1 Å². The van der Waals surface area contributed by atoms with E-state index in [1.54, 1.807) is 54.7 Å². The van der Waals surface area contributed by atoms with Crippen LogP contribution in [0.25, 0.3) is 0 Å². The summed E-state index contributed by atoms with van der Waals surface area (Å²) in [6.07, 6.45) is -1.99. The van der Waals surface area contributed by atoms with E-state index in [1.165, 1.54) is 7.11 Å². The molecule has 0 aliphatic rings. The van der Waals surface area contributed by atoms with Crippen LogP contribution in [-0.2, 0) is 25.4 Å². The van der Waals surface area contributed by atoms with E-state index in [0.717, 1.165) is 9.13 Å². The molecule has 0 radical (unpaired) electrons. The van der Waals surface area contributed by atoms with Gasteiger partial charge in [-0.3, -0.25) is 0 Å². The molecule has 0 saturated heterocycles. The summed E-state index contributed by atoms with van der Waals surface area (Å²) in [4.78, 5) is 39.3. The molecule has 0 fully saturated rings. The van der Waals surface area contributed by atoms with Crippen molar-refractivity contribution in [1.29, 1.82) is 0 Å². The highest BCUT2D eigenvalue weighted by atomic mass is 127. The summed E-state index contributed by atoms with van der Waals surface area (Å²) in [5, 5.41) is 0. The van der Waals surface area contributed by atoms with Crippen molar-refractivity contribution in [3.8, 4) is 5.75 Å². The lowest BCUT2D eigenvalue weighted by Gasteiger charge is -2.32. The number of benzene rings is 1. The smallest absolute Gasteiger partial charge is 0.420 e. The van der Waals surface area contributed by atoms with Crippen molar-refractivity contribution in [1.82, 2.24) is 4.90 Å². The highest BCUT2D eigenvalue weighted by Gasteiger charge is 2.41. The van der Waals surface area contributed by atoms with E-state index in [4.69, 9.17) is 18.9 Å². The fourth-order valence-electron chi connectivity index (χ4n) is 2.65. The van der Waals surface area contributed by atoms with Gasteiger partial charge in [-0.1, -0.05) is 0 Å². The van der Waals surface area contributed by atoms with Crippen molar-refractivity contribution in [2.24, 2.45) is 0 Å². The van der Waals surface area contributed by atoms with E-state index in [-0.39, 0.29) is 6.42 Å². The predicted octanol–water partition coefficient (Wildman–Crippen LogP) is 4.86. The third kappa shape index (κ3) is 8.19. The zero-order chi connectivity index (χ0) is 24.1. The summed E-state index contributed by atoms with van der Waals surface area (Å²) in [5.74, 6) is -0.146. The van der Waals surface area contributed by atoms with E-state index < -0.39 is 35.4 Å². The van der Waals surface area contributed by atoms with Crippen molar-refractivity contribution in [3.63, 3.8) is 0 Å². The lowest BCUT2D eigenvalue weighted by atomic mass is 10.0. The van der Waals surface area contributed by atoms with Gasteiger partial charge in [-0.2, -0.15) is 4.90 Å². The number of methoxy groups -OCH3 is 2. The molecule has 174 valence electrons. The fraction of sp³-hybridized carbons (Fsp3) is 0.591. The Balaban J connectivity index is 3.49. The van der Waals surface area contributed by atoms with Crippen LogP contribution in [0, 0.1) is 10.5 Å². The van der Waals surface area contributed by atoms with Gasteiger partial charge in [0.2, 0.25) is 0 Å². The van der Waals surface area contributed by atoms with E-state index in [9.17, 15) is 14.4 Å². The molecule has 8 nitrogen and oxygen atoms in total. The summed E-state index contributed by atoms with van der Waals surface area (Å²) < 4.78 is 21.9. The Hall–Kier alpha value is -2.04. The highest BCUT2D eigenvalue weighted by Crippen LogP contribution is 2.27. The summed E-state index contributed by atoms with van der Waals surface area (Å²) in [6.45, 7) is 11.9. The Morgan fingerprint density at radius 3 is 1.84 bits per heavy atom. The van der Waals surface area contributed by atoms with Crippen LogP contribution in [0.4, 0.5) is 9.59 Å². The predicted molar refractivity (Wildman–Crippen MR) is 124 cm³/mol. The minimum atomic E-state index is -1.30. The molecule has 0 spiro atoms. The van der Waals surface area contributed by atoms with Gasteiger partial charge >= 0.3 is 18.2 Å². The van der Waals surface area contributed by atoms with E-state index in [2.05, 4.69) is 22.6 Å². The molecular formula is C22H32INO7. The highest BCUT2D eigenvalue weighted by molar-refractivity contribution is 14.1. The number of aryl methyl sites for hydroxylation is 1. The van der Waals surface area contributed by atoms with Crippen molar-refractivity contribution in [2.45, 2.75) is 72.1 Å². The van der Waals surface area contributed by atoms with Crippen LogP contribution in [0.2, 0.25) is 0 Å². The molecule has 0 saturated carbocycles. The Labute approximate surface area is 197 Å². The molecule has 1 aromatic rings. The van der Waals surface area contributed by atoms with Crippen molar-refractivity contribution < 1.29 is 33.3 Å². The van der Waals surface area contributed by atoms with Crippen LogP contribution >= 0.6 is 22.6 Å². The molecule has 0 unspecified atom stereocenters. The van der Waals surface area contributed by atoms with Crippen LogP contribution in [0.5, 0.6) is 5.75 Å². The van der Waals surface area contributed by atoms with Crippen LogP contribution in [0.1, 0.15) is 52.7 Å². The number of esters is 1. The van der Waals surface area contributed by atoms with Gasteiger partial charge in [-0.25, -0.2) is 14.4 Å². The topological polar surface area (TPSA) is 91.4 Å². The molecule has 1 aromatic carbocycles. The lowest BCUT2D eigenvalue weighted by Crippen LogP contribution is -2.53. The Kier molecular flexibility index (Phi) is 9.16. The quantitative estimate of drug-likeness (QED) is 0.294. The molecule has 1 atom stereocenters. The van der Waals surface area contributed by atoms with Gasteiger partial charge in [0.05, 0.1) is 14.2 Å². The first-order valence-electron chi connectivity index (χ1n) is 9.75. The zero-order valence-electron chi connectivity index (χ0n) is 19.6. The minimum absolute atomic E-state index is 0.0000718. The molecule has 0 aromatic heterocycles. The molecule has 31 heavy (non-hydrogen) atoms. The average molecular weight is 549 g/mol. The number of imide groups is 1. The van der Waals surface area contributed by atoms with Crippen LogP contribution < -0.4 is 4.74 Å². The average Bonchev–Trinajstić information content (AvgIpc) is 2.59. The molecule has 0 bridgehead atoms. The normalized spacial score (nSPS) is 12.6. The number of halogens is 1. The monoisotopic (exact) mass is 549 g/mol. The van der Waals surface area contributed by atoms with Gasteiger partial charge in [0.25, 0.3) is 0 Å². The van der Waals surface area contributed by atoms with Gasteiger partial charge in [-0.15, -0.1) is 0 Å². The zero-order valence-corrected chi connectivity index (χ0v) is 21.8. The molecule has 9 heteroatoms. The number of amides is 2. The number of rotatable bonds is 5. The Morgan fingerprint density at radius 2 is 1.45 bits per heavy atom. The summed E-state index contributed by atoms with van der Waals surface area (Å²) in [5.41, 5.74) is -0.157. The Bertz CT molecular complexity index is 796. The van der Waals surface area contributed by atoms with Gasteiger partial charge in [0.15, 0.2) is 0 Å². The molecule has 0 aliphatic heterocycles. The number of ether oxygens (including phenoxy) is 4. The number of nitrogens with zero attached hydrogens (tertiary/aromatic N) is 1. The fourth-order valence-corrected chi connectivity index (χ4v) is 3.49. The summed E-state index contributed by atoms with van der Waals surface area (Å²) in [6, 6.07) is 2.37. The van der Waals surface area contributed by atoms with Gasteiger partial charge in [0, 0.05) is 9.99 Å². The van der Waals surface area contributed by atoms with E-state index >= 15 is 0 Å². The van der Waals surface area contributed by atoms with Gasteiger partial charge < -0.3 is 18.9 Å². The lowest BCUT2D eigenvalue weighted by molar-refractivity contribution is -0.146.